The second kappa shape index (κ2) is 23.4. The molecule has 6 bridgehead atoms. The molecule has 19 nitrogen and oxygen atoms in total. The highest BCUT2D eigenvalue weighted by Gasteiger charge is 2.60. The Morgan fingerprint density at radius 1 is 0.892 bits per heavy atom. The summed E-state index contributed by atoms with van der Waals surface area (Å²) in [6.45, 7) is 23.0. The number of esters is 1. The van der Waals surface area contributed by atoms with Gasteiger partial charge in [0.1, 0.15) is 18.1 Å². The number of fused-ring (bicyclic) bond motifs is 7. The van der Waals surface area contributed by atoms with E-state index in [0.29, 0.717) is 76.0 Å². The minimum Gasteiger partial charge on any atom is -0.464 e. The molecule has 452 valence electrons. The molecule has 2 saturated carbocycles. The molecule has 83 heavy (non-hydrogen) atoms. The Kier molecular flexibility index (Phi) is 16.1. The molecular weight excluding hydrogens is 1050 g/mol. The Balaban J connectivity index is 0.805. The van der Waals surface area contributed by atoms with Gasteiger partial charge in [-0.05, 0) is 126 Å². The summed E-state index contributed by atoms with van der Waals surface area (Å²) in [5.74, 6) is 0.398. The first kappa shape index (κ1) is 57.2. The molecule has 8 aliphatic heterocycles. The molecule has 3 aromatic rings. The average molecular weight is 1140 g/mol. The lowest BCUT2D eigenvalue weighted by atomic mass is 9.84. The van der Waals surface area contributed by atoms with Crippen LogP contribution < -0.4 is 20.5 Å². The lowest BCUT2D eigenvalue weighted by Gasteiger charge is -2.44. The van der Waals surface area contributed by atoms with Gasteiger partial charge in [-0.15, -0.1) is 0 Å². The molecule has 9 fully saturated rings. The van der Waals surface area contributed by atoms with Crippen molar-refractivity contribution in [2.45, 2.75) is 167 Å². The average Bonchev–Trinajstić information content (AvgIpc) is 2.20. The number of methoxy groups -OCH3 is 1. The van der Waals surface area contributed by atoms with Gasteiger partial charge in [0.25, 0.3) is 5.91 Å². The summed E-state index contributed by atoms with van der Waals surface area (Å²) in [7, 11) is 1.75. The summed E-state index contributed by atoms with van der Waals surface area (Å²) in [5.41, 5.74) is 10.2. The van der Waals surface area contributed by atoms with Crippen molar-refractivity contribution < 1.29 is 38.1 Å². The molecule has 10 atom stereocenters. The summed E-state index contributed by atoms with van der Waals surface area (Å²) in [5, 5.41) is 6.12. The van der Waals surface area contributed by atoms with Crippen LogP contribution in [0.3, 0.4) is 0 Å². The Bertz CT molecular complexity index is 2910. The van der Waals surface area contributed by atoms with E-state index in [4.69, 9.17) is 23.9 Å². The minimum absolute atomic E-state index is 0.0367. The normalized spacial score (nSPS) is 31.8. The van der Waals surface area contributed by atoms with Crippen molar-refractivity contribution in [1.29, 1.82) is 0 Å². The predicted octanol–water partition coefficient (Wildman–Crippen LogP) is 5.62. The molecule has 3 amide bonds. The highest BCUT2D eigenvalue weighted by atomic mass is 16.5. The number of piperazine rings is 1. The van der Waals surface area contributed by atoms with Crippen LogP contribution >= 0.6 is 0 Å². The first-order chi connectivity index (χ1) is 40.2. The highest BCUT2D eigenvalue weighted by Crippen LogP contribution is 2.50. The number of aromatic nitrogens is 2. The van der Waals surface area contributed by atoms with E-state index < -0.39 is 23.5 Å². The van der Waals surface area contributed by atoms with Crippen molar-refractivity contribution in [3.63, 3.8) is 0 Å². The molecule has 0 radical (unpaired) electrons. The number of nitrogens with one attached hydrogen (secondary N) is 2. The number of carbonyl (C=O) groups excluding carboxylic acids is 4. The number of aryl methyl sites for hydroxylation is 1. The number of benzene rings is 1. The van der Waals surface area contributed by atoms with Gasteiger partial charge in [0.15, 0.2) is 0 Å². The maximum Gasteiger partial charge on any atom is 0.324 e. The number of hydrogen-bond acceptors (Lipinski definition) is 15. The number of anilines is 2. The van der Waals surface area contributed by atoms with Crippen molar-refractivity contribution in [1.82, 2.24) is 44.9 Å². The Morgan fingerprint density at radius 3 is 2.51 bits per heavy atom. The molecule has 1 spiro atoms. The molecule has 2 aromatic heterocycles. The fourth-order valence-electron chi connectivity index (χ4n) is 16.5. The number of likely N-dealkylation sites (N-methyl/N-ethyl adjacent to an activating group) is 1. The molecule has 10 heterocycles. The van der Waals surface area contributed by atoms with Crippen LogP contribution in [0.1, 0.15) is 123 Å². The standard InChI is InChI=1S/C64H93N11O8/c1-7-73-53-18-17-44-30-48(53)50(57(73)49-31-45(34-65-54(49)41(3)80-6)69-25-24-68-26-28-81-37-46(68)35-69)33-63(4,5)40-83-62(79)51-14-11-21-75(67-51)60(77)52(32-47-36-70(44)27-29-82-47)66-59(76)56(42-12-9-10-13-42)71-22-19-64(38-71)20-23-72(39-64)61(78)58-55(43-15-16-43)74(58)8-2/h17-18,30-31,34,41-43,46-47,51-52,55-56,58,67H,7-16,19-29,32-33,35-40H2,1-6H3,(H,66,76)/t41-,46-,47-,51-,52-,55?,56?,58+,64-,74?/m0/s1. The van der Waals surface area contributed by atoms with Crippen LogP contribution in [0, 0.1) is 22.7 Å². The molecule has 1 aromatic carbocycles. The van der Waals surface area contributed by atoms with Crippen LogP contribution in [0.4, 0.5) is 11.4 Å². The maximum atomic E-state index is 15.4. The third-order valence-electron chi connectivity index (χ3n) is 21.2. The number of hydrazine groups is 1. The second-order valence-electron chi connectivity index (χ2n) is 27.3. The van der Waals surface area contributed by atoms with Crippen molar-refractivity contribution in [3.8, 4) is 11.3 Å². The van der Waals surface area contributed by atoms with Crippen molar-refractivity contribution >= 4 is 46.0 Å². The van der Waals surface area contributed by atoms with E-state index in [1.807, 2.05) is 6.20 Å². The second-order valence-corrected chi connectivity index (χ2v) is 27.3. The van der Waals surface area contributed by atoms with Crippen molar-refractivity contribution in [2.24, 2.45) is 22.7 Å². The molecule has 10 aliphatic rings. The summed E-state index contributed by atoms with van der Waals surface area (Å²) in [4.78, 5) is 78.7. The third kappa shape index (κ3) is 11.3. The van der Waals surface area contributed by atoms with Crippen molar-refractivity contribution in [2.75, 3.05) is 122 Å². The van der Waals surface area contributed by atoms with Crippen LogP contribution in [0.2, 0.25) is 0 Å². The Labute approximate surface area is 491 Å². The number of likely N-dealkylation sites (tertiary alicyclic amines) is 2. The van der Waals surface area contributed by atoms with E-state index in [-0.39, 0.29) is 60.5 Å². The van der Waals surface area contributed by atoms with Crippen LogP contribution in [-0.4, -0.2) is 212 Å². The van der Waals surface area contributed by atoms with Gasteiger partial charge < -0.3 is 43.5 Å². The molecule has 3 unspecified atom stereocenters. The molecule has 2 aliphatic carbocycles. The van der Waals surface area contributed by atoms with Gasteiger partial charge >= 0.3 is 5.97 Å². The first-order valence-corrected chi connectivity index (χ1v) is 32.2. The van der Waals surface area contributed by atoms with Gasteiger partial charge in [-0.1, -0.05) is 33.6 Å². The van der Waals surface area contributed by atoms with Gasteiger partial charge in [0.2, 0.25) is 11.8 Å². The van der Waals surface area contributed by atoms with Crippen LogP contribution in [0.5, 0.6) is 0 Å². The number of ether oxygens (including phenoxy) is 4. The molecule has 7 saturated heterocycles. The van der Waals surface area contributed by atoms with Crippen LogP contribution in [-0.2, 0) is 51.1 Å². The van der Waals surface area contributed by atoms with Gasteiger partial charge in [-0.25, -0.2) is 5.43 Å². The zero-order valence-corrected chi connectivity index (χ0v) is 50.5. The van der Waals surface area contributed by atoms with E-state index in [9.17, 15) is 9.59 Å². The van der Waals surface area contributed by atoms with Crippen molar-refractivity contribution in [3.05, 3.63) is 41.7 Å². The number of amides is 3. The number of nitrogens with zero attached hydrogens (tertiary/aromatic N) is 9. The van der Waals surface area contributed by atoms with E-state index in [1.165, 1.54) is 18.4 Å². The number of rotatable bonds is 12. The number of carbonyl (C=O) groups is 4. The van der Waals surface area contributed by atoms with Gasteiger partial charge in [-0.3, -0.25) is 43.9 Å². The first-order valence-electron chi connectivity index (χ1n) is 32.2. The van der Waals surface area contributed by atoms with E-state index in [0.717, 1.165) is 150 Å². The number of pyridine rings is 1. The van der Waals surface area contributed by atoms with E-state index >= 15 is 9.59 Å². The van der Waals surface area contributed by atoms with Gasteiger partial charge in [0, 0.05) is 125 Å². The lowest BCUT2D eigenvalue weighted by Crippen LogP contribution is -2.62. The maximum absolute atomic E-state index is 15.4. The quantitative estimate of drug-likeness (QED) is 0.169. The van der Waals surface area contributed by atoms with Crippen LogP contribution in [0.25, 0.3) is 22.2 Å². The molecular formula is C64H93N11O8. The summed E-state index contributed by atoms with van der Waals surface area (Å²) in [6.07, 6.45) is 11.9. The predicted molar refractivity (Wildman–Crippen MR) is 318 cm³/mol. The van der Waals surface area contributed by atoms with Gasteiger partial charge in [-0.2, -0.15) is 0 Å². The number of morpholine rings is 2. The lowest BCUT2D eigenvalue weighted by molar-refractivity contribution is -0.156. The summed E-state index contributed by atoms with van der Waals surface area (Å²) >= 11 is 0. The third-order valence-corrected chi connectivity index (χ3v) is 21.2. The summed E-state index contributed by atoms with van der Waals surface area (Å²) in [6, 6.07) is 7.90. The smallest absolute Gasteiger partial charge is 0.324 e. The monoisotopic (exact) mass is 1140 g/mol. The highest BCUT2D eigenvalue weighted by molar-refractivity contribution is 5.95. The molecule has 2 N–H and O–H groups in total. The fraction of sp³-hybridized carbons (Fsp3) is 0.734. The van der Waals surface area contributed by atoms with Gasteiger partial charge in [0.05, 0.1) is 74.0 Å². The number of cyclic esters (lactones) is 1. The SMILES string of the molecule is CCN1C(C2CC2)[C@@H]1C(=O)N1CC[C@]2(CCN(C(C(=O)N[C@H]3C[C@H]4CN(CCO4)c4ccc5c(c4)c(c(-c4cc(N6CCN7CCOC[C@@H]7C6)cnc4[C@H](C)OC)n5CC)CC(C)(C)COC(=O)[C@@H]4CCCN(N4)C3=O)C3CCCC3)C2)C1. The Morgan fingerprint density at radius 2 is 1.71 bits per heavy atom. The van der Waals surface area contributed by atoms with E-state index in [1.54, 1.807) is 12.1 Å². The topological polar surface area (TPSA) is 170 Å². The Hall–Kier alpha value is -4.89. The molecule has 13 rings (SSSR count). The van der Waals surface area contributed by atoms with Crippen LogP contribution in [0.15, 0.2) is 30.5 Å². The van der Waals surface area contributed by atoms with E-state index in [2.05, 4.69) is 104 Å². The minimum atomic E-state index is -0.907. The molecule has 19 heteroatoms. The number of hydrogen-bond donors (Lipinski definition) is 2. The summed E-state index contributed by atoms with van der Waals surface area (Å²) < 4.78 is 27.5. The largest absolute Gasteiger partial charge is 0.464 e. The zero-order valence-electron chi connectivity index (χ0n) is 50.5. The fourth-order valence-corrected chi connectivity index (χ4v) is 16.5. The zero-order chi connectivity index (χ0) is 57.3.